The number of carbonyl (C=O) groups is 2. The lowest BCUT2D eigenvalue weighted by Crippen LogP contribution is -2.42. The number of carbonyl (C=O) groups excluding carboxylic acids is 1. The van der Waals surface area contributed by atoms with E-state index < -0.39 is 22.0 Å². The predicted octanol–water partition coefficient (Wildman–Crippen LogP) is -0.555. The van der Waals surface area contributed by atoms with Crippen LogP contribution in [0.5, 0.6) is 0 Å². The summed E-state index contributed by atoms with van der Waals surface area (Å²) in [6.45, 7) is 0.168. The van der Waals surface area contributed by atoms with Crippen molar-refractivity contribution >= 4 is 22.0 Å². The number of hydrogen-bond acceptors (Lipinski definition) is 6. The second-order valence-corrected chi connectivity index (χ2v) is 6.53. The number of carboxylic acids is 1. The summed E-state index contributed by atoms with van der Waals surface area (Å²) in [6.07, 6.45) is 0.488. The van der Waals surface area contributed by atoms with E-state index in [-0.39, 0.29) is 38.0 Å². The number of sulfonamides is 1. The van der Waals surface area contributed by atoms with Gasteiger partial charge in [-0.25, -0.2) is 17.5 Å². The van der Waals surface area contributed by atoms with Crippen LogP contribution in [0.25, 0.3) is 0 Å². The Balaban J connectivity index is 2.39. The molecule has 116 valence electrons. The molecule has 0 aliphatic carbocycles. The van der Waals surface area contributed by atoms with Crippen molar-refractivity contribution in [1.29, 1.82) is 0 Å². The van der Waals surface area contributed by atoms with Gasteiger partial charge in [-0.15, -0.1) is 0 Å². The van der Waals surface area contributed by atoms with Crippen LogP contribution in [0.4, 0.5) is 0 Å². The summed E-state index contributed by atoms with van der Waals surface area (Å²) in [5, 5.41) is 8.50. The van der Waals surface area contributed by atoms with Gasteiger partial charge < -0.3 is 14.6 Å². The number of ether oxygens (including phenoxy) is 2. The van der Waals surface area contributed by atoms with Gasteiger partial charge in [0.1, 0.15) is 6.61 Å². The zero-order valence-electron chi connectivity index (χ0n) is 11.3. The maximum Gasteiger partial charge on any atom is 0.329 e. The first-order chi connectivity index (χ1) is 9.35. The van der Waals surface area contributed by atoms with E-state index in [0.29, 0.717) is 12.8 Å². The lowest BCUT2D eigenvalue weighted by Gasteiger charge is -2.30. The van der Waals surface area contributed by atoms with Crippen molar-refractivity contribution in [2.45, 2.75) is 25.4 Å². The van der Waals surface area contributed by atoms with Gasteiger partial charge in [0.15, 0.2) is 0 Å². The first-order valence-corrected chi connectivity index (χ1v) is 7.84. The third-order valence-corrected chi connectivity index (χ3v) is 4.90. The third kappa shape index (κ3) is 5.43. The Bertz CT molecular complexity index is 440. The van der Waals surface area contributed by atoms with Crippen LogP contribution in [0.1, 0.15) is 19.3 Å². The van der Waals surface area contributed by atoms with Crippen LogP contribution in [-0.4, -0.2) is 68.4 Å². The van der Waals surface area contributed by atoms with E-state index in [4.69, 9.17) is 9.84 Å². The molecule has 1 aliphatic heterocycles. The molecule has 9 heteroatoms. The highest BCUT2D eigenvalue weighted by Gasteiger charge is 2.29. The highest BCUT2D eigenvalue weighted by atomic mass is 32.2. The monoisotopic (exact) mass is 309 g/mol. The molecule has 0 aromatic carbocycles. The van der Waals surface area contributed by atoms with Crippen LogP contribution >= 0.6 is 0 Å². The van der Waals surface area contributed by atoms with E-state index in [9.17, 15) is 18.0 Å². The van der Waals surface area contributed by atoms with Crippen molar-refractivity contribution in [3.63, 3.8) is 0 Å². The number of methoxy groups -OCH3 is 1. The van der Waals surface area contributed by atoms with Crippen molar-refractivity contribution < 1.29 is 32.6 Å². The minimum atomic E-state index is -3.48. The summed E-state index contributed by atoms with van der Waals surface area (Å²) in [6, 6.07) is 0. The van der Waals surface area contributed by atoms with E-state index in [1.807, 2.05) is 0 Å². The molecule has 0 aromatic rings. The molecule has 20 heavy (non-hydrogen) atoms. The molecule has 8 nitrogen and oxygen atoms in total. The van der Waals surface area contributed by atoms with Gasteiger partial charge in [0.05, 0.1) is 25.4 Å². The number of rotatable bonds is 7. The Labute approximate surface area is 117 Å². The molecule has 1 heterocycles. The molecule has 0 amide bonds. The normalized spacial score (nSPS) is 17.9. The Morgan fingerprint density at radius 1 is 1.30 bits per heavy atom. The van der Waals surface area contributed by atoms with E-state index in [0.717, 1.165) is 0 Å². The molecule has 0 atom stereocenters. The number of piperidine rings is 1. The van der Waals surface area contributed by atoms with Crippen LogP contribution in [0.3, 0.4) is 0 Å². The van der Waals surface area contributed by atoms with Crippen LogP contribution in [-0.2, 0) is 29.1 Å². The highest BCUT2D eigenvalue weighted by molar-refractivity contribution is 7.89. The van der Waals surface area contributed by atoms with Gasteiger partial charge in [-0.1, -0.05) is 0 Å². The smallest absolute Gasteiger partial charge is 0.329 e. The van der Waals surface area contributed by atoms with Gasteiger partial charge in [0.25, 0.3) is 0 Å². The molecule has 0 radical (unpaired) electrons. The Morgan fingerprint density at radius 2 is 1.90 bits per heavy atom. The molecule has 0 saturated carbocycles. The fourth-order valence-electron chi connectivity index (χ4n) is 1.91. The zero-order chi connectivity index (χ0) is 15.2. The van der Waals surface area contributed by atoms with E-state index in [1.165, 1.54) is 11.4 Å². The van der Waals surface area contributed by atoms with Crippen LogP contribution < -0.4 is 0 Å². The number of nitrogens with zero attached hydrogens (tertiary/aromatic N) is 1. The van der Waals surface area contributed by atoms with Gasteiger partial charge in [-0.3, -0.25) is 4.79 Å². The average Bonchev–Trinajstić information content (AvgIpc) is 2.43. The van der Waals surface area contributed by atoms with Crippen molar-refractivity contribution in [2.75, 3.05) is 32.6 Å². The lowest BCUT2D eigenvalue weighted by atomic mass is 10.1. The summed E-state index contributed by atoms with van der Waals surface area (Å²) in [5.41, 5.74) is 0. The second kappa shape index (κ2) is 7.55. The molecular formula is C11H19NO7S. The van der Waals surface area contributed by atoms with Gasteiger partial charge in [-0.2, -0.15) is 0 Å². The number of carboxylic acid groups (broad SMARTS) is 1. The Hall–Kier alpha value is -1.19. The van der Waals surface area contributed by atoms with Crippen molar-refractivity contribution in [1.82, 2.24) is 4.31 Å². The number of esters is 1. The van der Waals surface area contributed by atoms with Crippen LogP contribution in [0.2, 0.25) is 0 Å². The molecule has 0 bridgehead atoms. The molecule has 1 fully saturated rings. The van der Waals surface area contributed by atoms with Gasteiger partial charge in [0, 0.05) is 13.1 Å². The molecule has 1 N–H and O–H groups in total. The highest BCUT2D eigenvalue weighted by Crippen LogP contribution is 2.17. The lowest BCUT2D eigenvalue weighted by molar-refractivity contribution is -0.145. The van der Waals surface area contributed by atoms with Crippen molar-refractivity contribution in [3.8, 4) is 0 Å². The number of hydrogen-bond donors (Lipinski definition) is 1. The number of aliphatic carboxylic acids is 1. The molecule has 0 unspecified atom stereocenters. The predicted molar refractivity (Wildman–Crippen MR) is 68.6 cm³/mol. The summed E-state index contributed by atoms with van der Waals surface area (Å²) in [4.78, 5) is 21.3. The molecule has 1 rings (SSSR count). The van der Waals surface area contributed by atoms with Crippen LogP contribution in [0, 0.1) is 0 Å². The largest absolute Gasteiger partial charge is 0.480 e. The summed E-state index contributed by atoms with van der Waals surface area (Å²) in [5.74, 6) is -1.88. The summed E-state index contributed by atoms with van der Waals surface area (Å²) >= 11 is 0. The zero-order valence-corrected chi connectivity index (χ0v) is 12.1. The topological polar surface area (TPSA) is 110 Å². The fourth-order valence-corrected chi connectivity index (χ4v) is 3.36. The molecule has 0 spiro atoms. The van der Waals surface area contributed by atoms with Gasteiger partial charge in [-0.05, 0) is 12.8 Å². The quantitative estimate of drug-likeness (QED) is 0.628. The summed E-state index contributed by atoms with van der Waals surface area (Å²) < 4.78 is 34.8. The van der Waals surface area contributed by atoms with Crippen LogP contribution in [0.15, 0.2) is 0 Å². The SMILES string of the molecule is COC(=O)CCS(=O)(=O)N1CCC(OCC(=O)O)CC1. The van der Waals surface area contributed by atoms with E-state index in [1.54, 1.807) is 0 Å². The van der Waals surface area contributed by atoms with Crippen molar-refractivity contribution in [3.05, 3.63) is 0 Å². The molecule has 1 saturated heterocycles. The maximum absolute atomic E-state index is 12.0. The molecule has 1 aliphatic rings. The van der Waals surface area contributed by atoms with E-state index in [2.05, 4.69) is 4.74 Å². The van der Waals surface area contributed by atoms with Gasteiger partial charge in [0.2, 0.25) is 10.0 Å². The third-order valence-electron chi connectivity index (χ3n) is 3.03. The van der Waals surface area contributed by atoms with E-state index >= 15 is 0 Å². The summed E-state index contributed by atoms with van der Waals surface area (Å²) in [7, 11) is -2.27. The minimum Gasteiger partial charge on any atom is -0.480 e. The Kier molecular flexibility index (Phi) is 6.37. The fraction of sp³-hybridized carbons (Fsp3) is 0.818. The average molecular weight is 309 g/mol. The standard InChI is InChI=1S/C11H19NO7S/c1-18-11(15)4-7-20(16,17)12-5-2-9(3-6-12)19-8-10(13)14/h9H,2-8H2,1H3,(H,13,14). The van der Waals surface area contributed by atoms with Gasteiger partial charge >= 0.3 is 11.9 Å². The first kappa shape index (κ1) is 16.9. The second-order valence-electron chi connectivity index (χ2n) is 4.45. The maximum atomic E-state index is 12.0. The molecule has 0 aromatic heterocycles. The first-order valence-electron chi connectivity index (χ1n) is 6.23. The molecular weight excluding hydrogens is 290 g/mol. The Morgan fingerprint density at radius 3 is 2.40 bits per heavy atom. The van der Waals surface area contributed by atoms with Crippen molar-refractivity contribution in [2.24, 2.45) is 0 Å². The minimum absolute atomic E-state index is 0.172.